The Morgan fingerprint density at radius 2 is 2.05 bits per heavy atom. The largest absolute Gasteiger partial charge is 0.467 e. The lowest BCUT2D eigenvalue weighted by Gasteiger charge is -2.27. The van der Waals surface area contributed by atoms with Gasteiger partial charge in [0.15, 0.2) is 0 Å². The number of hydrogen-bond acceptors (Lipinski definition) is 3. The Morgan fingerprint density at radius 1 is 1.25 bits per heavy atom. The molecule has 1 unspecified atom stereocenters. The Balaban J connectivity index is 1.87. The summed E-state index contributed by atoms with van der Waals surface area (Å²) < 4.78 is 5.52. The molecule has 0 bridgehead atoms. The minimum Gasteiger partial charge on any atom is -0.467 e. The molecule has 1 aromatic heterocycles. The van der Waals surface area contributed by atoms with Crippen molar-refractivity contribution in [3.8, 4) is 0 Å². The lowest BCUT2D eigenvalue weighted by Crippen LogP contribution is -2.27. The zero-order valence-corrected chi connectivity index (χ0v) is 12.0. The van der Waals surface area contributed by atoms with Crippen molar-refractivity contribution < 1.29 is 4.42 Å². The molecule has 1 aliphatic rings. The van der Waals surface area contributed by atoms with Gasteiger partial charge in [-0.1, -0.05) is 18.2 Å². The highest BCUT2D eigenvalue weighted by molar-refractivity contribution is 5.55. The number of para-hydroxylation sites is 1. The fraction of sp³-hybridized carbons (Fsp3) is 0.412. The van der Waals surface area contributed by atoms with Crippen LogP contribution in [-0.2, 0) is 13.0 Å². The third kappa shape index (κ3) is 3.05. The molecule has 1 aromatic carbocycles. The van der Waals surface area contributed by atoms with Gasteiger partial charge in [0, 0.05) is 17.8 Å². The average molecular weight is 270 g/mol. The molecule has 20 heavy (non-hydrogen) atoms. The standard InChI is InChI=1S/C17H22N2O/c1-13(18)11-14-5-2-3-7-17(14)19(15-8-9-15)12-16-6-4-10-20-16/h2-7,10,13,15H,8-9,11-12,18H2,1H3. The van der Waals surface area contributed by atoms with E-state index in [2.05, 4.69) is 36.1 Å². The van der Waals surface area contributed by atoms with Gasteiger partial charge in [-0.15, -0.1) is 0 Å². The van der Waals surface area contributed by atoms with E-state index in [4.69, 9.17) is 10.2 Å². The van der Waals surface area contributed by atoms with Gasteiger partial charge in [-0.05, 0) is 49.9 Å². The summed E-state index contributed by atoms with van der Waals surface area (Å²) in [6, 6.07) is 13.4. The zero-order valence-electron chi connectivity index (χ0n) is 12.0. The molecular formula is C17H22N2O. The third-order valence-corrected chi connectivity index (χ3v) is 3.74. The van der Waals surface area contributed by atoms with Gasteiger partial charge >= 0.3 is 0 Å². The van der Waals surface area contributed by atoms with Crippen LogP contribution in [0.5, 0.6) is 0 Å². The van der Waals surface area contributed by atoms with Crippen LogP contribution in [0.15, 0.2) is 47.1 Å². The number of furan rings is 1. The normalized spacial score (nSPS) is 16.1. The first-order chi connectivity index (χ1) is 9.74. The highest BCUT2D eigenvalue weighted by Gasteiger charge is 2.30. The summed E-state index contributed by atoms with van der Waals surface area (Å²) in [5.41, 5.74) is 8.63. The molecule has 3 rings (SSSR count). The first-order valence-corrected chi connectivity index (χ1v) is 7.36. The summed E-state index contributed by atoms with van der Waals surface area (Å²) in [7, 11) is 0. The summed E-state index contributed by atoms with van der Waals surface area (Å²) in [6.07, 6.45) is 5.20. The van der Waals surface area contributed by atoms with E-state index < -0.39 is 0 Å². The van der Waals surface area contributed by atoms with Crippen molar-refractivity contribution in [1.29, 1.82) is 0 Å². The van der Waals surface area contributed by atoms with Crippen LogP contribution in [0.4, 0.5) is 5.69 Å². The highest BCUT2D eigenvalue weighted by Crippen LogP contribution is 2.35. The molecule has 1 aliphatic carbocycles. The van der Waals surface area contributed by atoms with Crippen LogP contribution in [-0.4, -0.2) is 12.1 Å². The number of rotatable bonds is 6. The smallest absolute Gasteiger partial charge is 0.123 e. The Hall–Kier alpha value is -1.74. The van der Waals surface area contributed by atoms with Gasteiger partial charge in [0.25, 0.3) is 0 Å². The first kappa shape index (κ1) is 13.3. The quantitative estimate of drug-likeness (QED) is 0.875. The van der Waals surface area contributed by atoms with Crippen LogP contribution in [0.3, 0.4) is 0 Å². The van der Waals surface area contributed by atoms with Crippen molar-refractivity contribution in [3.05, 3.63) is 54.0 Å². The molecule has 0 spiro atoms. The van der Waals surface area contributed by atoms with Gasteiger partial charge in [0.05, 0.1) is 12.8 Å². The second-order valence-corrected chi connectivity index (χ2v) is 5.75. The Labute approximate surface area is 120 Å². The molecule has 3 heteroatoms. The molecule has 1 saturated carbocycles. The van der Waals surface area contributed by atoms with E-state index in [0.29, 0.717) is 6.04 Å². The number of anilines is 1. The van der Waals surface area contributed by atoms with E-state index in [0.717, 1.165) is 18.7 Å². The molecule has 1 heterocycles. The second kappa shape index (κ2) is 5.71. The summed E-state index contributed by atoms with van der Waals surface area (Å²) >= 11 is 0. The molecule has 1 atom stereocenters. The van der Waals surface area contributed by atoms with Crippen molar-refractivity contribution in [2.45, 2.75) is 44.8 Å². The van der Waals surface area contributed by atoms with Gasteiger partial charge in [-0.25, -0.2) is 0 Å². The lowest BCUT2D eigenvalue weighted by atomic mass is 10.0. The minimum absolute atomic E-state index is 0.181. The van der Waals surface area contributed by atoms with Gasteiger partial charge in [0.1, 0.15) is 5.76 Å². The van der Waals surface area contributed by atoms with Crippen LogP contribution in [0, 0.1) is 0 Å². The second-order valence-electron chi connectivity index (χ2n) is 5.75. The predicted octanol–water partition coefficient (Wildman–Crippen LogP) is 3.34. The van der Waals surface area contributed by atoms with Crippen LogP contribution in [0.25, 0.3) is 0 Å². The van der Waals surface area contributed by atoms with E-state index in [1.807, 2.05) is 12.1 Å². The Kier molecular flexibility index (Phi) is 3.79. The molecule has 106 valence electrons. The van der Waals surface area contributed by atoms with Crippen molar-refractivity contribution in [3.63, 3.8) is 0 Å². The van der Waals surface area contributed by atoms with Crippen LogP contribution in [0.1, 0.15) is 31.1 Å². The molecule has 2 aromatic rings. The maximum absolute atomic E-state index is 5.98. The Morgan fingerprint density at radius 3 is 2.70 bits per heavy atom. The lowest BCUT2D eigenvalue weighted by molar-refractivity contribution is 0.501. The van der Waals surface area contributed by atoms with Crippen LogP contribution < -0.4 is 10.6 Å². The number of nitrogens with two attached hydrogens (primary N) is 1. The predicted molar refractivity (Wildman–Crippen MR) is 81.7 cm³/mol. The van der Waals surface area contributed by atoms with Crippen molar-refractivity contribution in [2.24, 2.45) is 5.73 Å². The van der Waals surface area contributed by atoms with E-state index >= 15 is 0 Å². The van der Waals surface area contributed by atoms with Crippen molar-refractivity contribution in [1.82, 2.24) is 0 Å². The van der Waals surface area contributed by atoms with E-state index in [-0.39, 0.29) is 6.04 Å². The fourth-order valence-electron chi connectivity index (χ4n) is 2.68. The molecule has 0 radical (unpaired) electrons. The van der Waals surface area contributed by atoms with Crippen molar-refractivity contribution >= 4 is 5.69 Å². The molecule has 0 saturated heterocycles. The number of hydrogen-bond donors (Lipinski definition) is 1. The van der Waals surface area contributed by atoms with Gasteiger partial charge in [-0.3, -0.25) is 0 Å². The number of nitrogens with zero attached hydrogens (tertiary/aromatic N) is 1. The SMILES string of the molecule is CC(N)Cc1ccccc1N(Cc1ccco1)C1CC1. The topological polar surface area (TPSA) is 42.4 Å². The summed E-state index contributed by atoms with van der Waals surface area (Å²) in [6.45, 7) is 2.90. The van der Waals surface area contributed by atoms with Gasteiger partial charge in [0.2, 0.25) is 0 Å². The fourth-order valence-corrected chi connectivity index (χ4v) is 2.68. The average Bonchev–Trinajstić information content (AvgIpc) is 3.14. The molecule has 0 aliphatic heterocycles. The first-order valence-electron chi connectivity index (χ1n) is 7.36. The summed E-state index contributed by atoms with van der Waals surface area (Å²) in [4.78, 5) is 2.47. The van der Waals surface area contributed by atoms with E-state index in [1.165, 1.54) is 24.1 Å². The van der Waals surface area contributed by atoms with Gasteiger partial charge < -0.3 is 15.1 Å². The van der Waals surface area contributed by atoms with Gasteiger partial charge in [-0.2, -0.15) is 0 Å². The van der Waals surface area contributed by atoms with Crippen molar-refractivity contribution in [2.75, 3.05) is 4.90 Å². The molecular weight excluding hydrogens is 248 g/mol. The molecule has 3 nitrogen and oxygen atoms in total. The van der Waals surface area contributed by atoms with E-state index in [9.17, 15) is 0 Å². The highest BCUT2D eigenvalue weighted by atomic mass is 16.3. The monoisotopic (exact) mass is 270 g/mol. The Bertz CT molecular complexity index is 544. The third-order valence-electron chi connectivity index (χ3n) is 3.74. The van der Waals surface area contributed by atoms with E-state index in [1.54, 1.807) is 6.26 Å². The van der Waals surface area contributed by atoms with Crippen LogP contribution in [0.2, 0.25) is 0 Å². The minimum atomic E-state index is 0.181. The summed E-state index contributed by atoms with van der Waals surface area (Å²) in [5.74, 6) is 1.02. The summed E-state index contributed by atoms with van der Waals surface area (Å²) in [5, 5.41) is 0. The maximum atomic E-state index is 5.98. The maximum Gasteiger partial charge on any atom is 0.123 e. The number of benzene rings is 1. The zero-order chi connectivity index (χ0) is 13.9. The molecule has 1 fully saturated rings. The molecule has 0 amide bonds. The van der Waals surface area contributed by atoms with Crippen LogP contribution >= 0.6 is 0 Å². The molecule has 2 N–H and O–H groups in total.